The summed E-state index contributed by atoms with van der Waals surface area (Å²) in [5, 5.41) is 1.65. The predicted octanol–water partition coefficient (Wildman–Crippen LogP) is 4.39. The molecule has 1 aliphatic rings. The lowest BCUT2D eigenvalue weighted by Gasteiger charge is -2.35. The van der Waals surface area contributed by atoms with Crippen molar-refractivity contribution in [1.29, 1.82) is 0 Å². The fraction of sp³-hybridized carbons (Fsp3) is 0.350. The second kappa shape index (κ2) is 6.36. The van der Waals surface area contributed by atoms with Gasteiger partial charge in [-0.05, 0) is 48.7 Å². The Morgan fingerprint density at radius 2 is 2.08 bits per heavy atom. The van der Waals surface area contributed by atoms with Gasteiger partial charge in [-0.2, -0.15) is 0 Å². The SMILES string of the molecule is CCc1cc2oc(=O)cc(CN3CCn4cccc4C3C)c2cc1Cl. The third kappa shape index (κ3) is 2.90. The minimum Gasteiger partial charge on any atom is -0.423 e. The second-order valence-electron chi connectivity index (χ2n) is 6.66. The molecule has 0 amide bonds. The van der Waals surface area contributed by atoms with Gasteiger partial charge in [0.2, 0.25) is 0 Å². The molecule has 1 aromatic carbocycles. The van der Waals surface area contributed by atoms with Crippen molar-refractivity contribution in [2.24, 2.45) is 0 Å². The Bertz CT molecular complexity index is 989. The molecule has 1 aliphatic heterocycles. The van der Waals surface area contributed by atoms with Gasteiger partial charge in [0.05, 0.1) is 0 Å². The summed E-state index contributed by atoms with van der Waals surface area (Å²) in [4.78, 5) is 14.4. The van der Waals surface area contributed by atoms with Gasteiger partial charge in [-0.1, -0.05) is 18.5 Å². The van der Waals surface area contributed by atoms with E-state index < -0.39 is 0 Å². The van der Waals surface area contributed by atoms with Crippen molar-refractivity contribution >= 4 is 22.6 Å². The van der Waals surface area contributed by atoms with Crippen molar-refractivity contribution in [3.63, 3.8) is 0 Å². The van der Waals surface area contributed by atoms with Crippen LogP contribution in [0.1, 0.15) is 36.7 Å². The van der Waals surface area contributed by atoms with E-state index in [0.717, 1.165) is 41.0 Å². The van der Waals surface area contributed by atoms with E-state index in [1.165, 1.54) is 5.69 Å². The lowest BCUT2D eigenvalue weighted by Crippen LogP contribution is -2.36. The molecule has 1 unspecified atom stereocenters. The van der Waals surface area contributed by atoms with Crippen LogP contribution >= 0.6 is 11.6 Å². The Morgan fingerprint density at radius 1 is 1.24 bits per heavy atom. The van der Waals surface area contributed by atoms with Crippen LogP contribution in [0.2, 0.25) is 5.02 Å². The summed E-state index contributed by atoms with van der Waals surface area (Å²) >= 11 is 6.40. The zero-order chi connectivity index (χ0) is 17.6. The molecule has 4 rings (SSSR count). The standard InChI is InChI=1S/C20H21ClN2O2/c1-3-14-9-19-16(11-17(14)21)15(10-20(24)25-19)12-23-8-7-22-6-4-5-18(22)13(23)2/h4-6,9-11,13H,3,7-8,12H2,1-2H3. The first-order valence-electron chi connectivity index (χ1n) is 8.71. The molecule has 0 saturated heterocycles. The van der Waals surface area contributed by atoms with Crippen LogP contribution in [0.25, 0.3) is 11.0 Å². The molecule has 5 heteroatoms. The molecular weight excluding hydrogens is 336 g/mol. The third-order valence-electron chi connectivity index (χ3n) is 5.22. The maximum Gasteiger partial charge on any atom is 0.336 e. The van der Waals surface area contributed by atoms with Crippen molar-refractivity contribution in [2.75, 3.05) is 6.54 Å². The first kappa shape index (κ1) is 16.4. The topological polar surface area (TPSA) is 38.4 Å². The van der Waals surface area contributed by atoms with Gasteiger partial charge < -0.3 is 8.98 Å². The largest absolute Gasteiger partial charge is 0.423 e. The number of hydrogen-bond acceptors (Lipinski definition) is 3. The number of hydrogen-bond donors (Lipinski definition) is 0. The fourth-order valence-corrected chi connectivity index (χ4v) is 4.05. The molecule has 0 aliphatic carbocycles. The molecular formula is C20H21ClN2O2. The van der Waals surface area contributed by atoms with Gasteiger partial charge in [-0.15, -0.1) is 0 Å². The Labute approximate surface area is 151 Å². The minimum atomic E-state index is -0.306. The molecule has 0 saturated carbocycles. The van der Waals surface area contributed by atoms with E-state index in [9.17, 15) is 4.79 Å². The van der Waals surface area contributed by atoms with Crippen LogP contribution in [0.5, 0.6) is 0 Å². The Kier molecular flexibility index (Phi) is 4.18. The molecule has 0 fully saturated rings. The number of rotatable bonds is 3. The highest BCUT2D eigenvalue weighted by Crippen LogP contribution is 2.30. The maximum atomic E-state index is 12.0. The Morgan fingerprint density at radius 3 is 2.88 bits per heavy atom. The lowest BCUT2D eigenvalue weighted by atomic mass is 10.0. The molecule has 0 N–H and O–H groups in total. The number of aryl methyl sites for hydroxylation is 1. The second-order valence-corrected chi connectivity index (χ2v) is 7.06. The van der Waals surface area contributed by atoms with Gasteiger partial charge in [0, 0.05) is 54.0 Å². The molecule has 3 heterocycles. The number of fused-ring (bicyclic) bond motifs is 2. The monoisotopic (exact) mass is 356 g/mol. The summed E-state index contributed by atoms with van der Waals surface area (Å²) in [5.41, 5.74) is 3.60. The summed E-state index contributed by atoms with van der Waals surface area (Å²) in [7, 11) is 0. The first-order chi connectivity index (χ1) is 12.1. The van der Waals surface area contributed by atoms with Crippen LogP contribution in [-0.2, 0) is 19.5 Å². The van der Waals surface area contributed by atoms with Crippen LogP contribution in [-0.4, -0.2) is 16.0 Å². The quantitative estimate of drug-likeness (QED) is 0.653. The van der Waals surface area contributed by atoms with Gasteiger partial charge in [0.15, 0.2) is 0 Å². The van der Waals surface area contributed by atoms with Gasteiger partial charge in [-0.3, -0.25) is 4.90 Å². The van der Waals surface area contributed by atoms with Crippen molar-refractivity contribution in [3.8, 4) is 0 Å². The molecule has 0 bridgehead atoms. The van der Waals surface area contributed by atoms with Crippen molar-refractivity contribution in [2.45, 2.75) is 39.4 Å². The van der Waals surface area contributed by atoms with Gasteiger partial charge >= 0.3 is 5.63 Å². The van der Waals surface area contributed by atoms with Crippen LogP contribution in [0.3, 0.4) is 0 Å². The van der Waals surface area contributed by atoms with E-state index in [2.05, 4.69) is 34.7 Å². The predicted molar refractivity (Wildman–Crippen MR) is 100 cm³/mol. The van der Waals surface area contributed by atoms with Crippen molar-refractivity contribution in [1.82, 2.24) is 9.47 Å². The molecule has 0 radical (unpaired) electrons. The van der Waals surface area contributed by atoms with Crippen LogP contribution < -0.4 is 5.63 Å². The highest BCUT2D eigenvalue weighted by atomic mass is 35.5. The highest BCUT2D eigenvalue weighted by Gasteiger charge is 2.24. The van der Waals surface area contributed by atoms with E-state index in [4.69, 9.17) is 16.0 Å². The summed E-state index contributed by atoms with van der Waals surface area (Å²) in [6.45, 7) is 6.87. The Balaban J connectivity index is 1.74. The summed E-state index contributed by atoms with van der Waals surface area (Å²) < 4.78 is 7.72. The minimum absolute atomic E-state index is 0.302. The number of benzene rings is 1. The van der Waals surface area contributed by atoms with Crippen LogP contribution in [0, 0.1) is 0 Å². The molecule has 130 valence electrons. The highest BCUT2D eigenvalue weighted by molar-refractivity contribution is 6.32. The number of aromatic nitrogens is 1. The average Bonchev–Trinajstić information content (AvgIpc) is 3.07. The summed E-state index contributed by atoms with van der Waals surface area (Å²) in [6.07, 6.45) is 2.94. The third-order valence-corrected chi connectivity index (χ3v) is 5.57. The van der Waals surface area contributed by atoms with Gasteiger partial charge in [0.1, 0.15) is 5.58 Å². The molecule has 25 heavy (non-hydrogen) atoms. The molecule has 1 atom stereocenters. The van der Waals surface area contributed by atoms with E-state index in [1.54, 1.807) is 6.07 Å². The van der Waals surface area contributed by atoms with Crippen LogP contribution in [0.4, 0.5) is 0 Å². The maximum absolute atomic E-state index is 12.0. The number of nitrogens with zero attached hydrogens (tertiary/aromatic N) is 2. The lowest BCUT2D eigenvalue weighted by molar-refractivity contribution is 0.161. The molecule has 4 nitrogen and oxygen atoms in total. The van der Waals surface area contributed by atoms with Crippen LogP contribution in [0.15, 0.2) is 45.7 Å². The van der Waals surface area contributed by atoms with Gasteiger partial charge in [-0.25, -0.2) is 4.79 Å². The van der Waals surface area contributed by atoms with Crippen molar-refractivity contribution in [3.05, 3.63) is 68.8 Å². The molecule has 3 aromatic rings. The van der Waals surface area contributed by atoms with E-state index in [1.807, 2.05) is 19.1 Å². The fourth-order valence-electron chi connectivity index (χ4n) is 3.75. The normalized spacial score (nSPS) is 17.8. The number of halogens is 1. The smallest absolute Gasteiger partial charge is 0.336 e. The zero-order valence-corrected chi connectivity index (χ0v) is 15.2. The van der Waals surface area contributed by atoms with Gasteiger partial charge in [0.25, 0.3) is 0 Å². The summed E-state index contributed by atoms with van der Waals surface area (Å²) in [5.74, 6) is 0. The Hall–Kier alpha value is -2.04. The molecule has 2 aromatic heterocycles. The zero-order valence-electron chi connectivity index (χ0n) is 14.5. The summed E-state index contributed by atoms with van der Waals surface area (Å²) in [6, 6.07) is 9.99. The average molecular weight is 357 g/mol. The first-order valence-corrected chi connectivity index (χ1v) is 9.09. The van der Waals surface area contributed by atoms with E-state index in [0.29, 0.717) is 18.2 Å². The van der Waals surface area contributed by atoms with Crippen molar-refractivity contribution < 1.29 is 4.42 Å². The molecule has 0 spiro atoms. The van der Waals surface area contributed by atoms with E-state index >= 15 is 0 Å². The van der Waals surface area contributed by atoms with E-state index in [-0.39, 0.29) is 5.63 Å².